The van der Waals surface area contributed by atoms with E-state index in [2.05, 4.69) is 13.5 Å². The first-order valence-corrected chi connectivity index (χ1v) is 14.8. The lowest BCUT2D eigenvalue weighted by molar-refractivity contribution is 0.725. The molecule has 3 nitrogen and oxygen atoms in total. The Morgan fingerprint density at radius 1 is 0.778 bits per heavy atom. The Kier molecular flexibility index (Phi) is 6.83. The highest BCUT2D eigenvalue weighted by Gasteiger charge is 2.38. The molecule has 12 heteroatoms. The summed E-state index contributed by atoms with van der Waals surface area (Å²) in [6.45, 7) is 1.63. The number of hydrogen-bond acceptors (Lipinski definition) is 6. The second kappa shape index (κ2) is 7.00. The number of halogens is 3. The first kappa shape index (κ1) is 17.6. The van der Waals surface area contributed by atoms with E-state index in [1.54, 1.807) is 6.92 Å². The van der Waals surface area contributed by atoms with Crippen LogP contribution in [0.4, 0.5) is 12.6 Å². The summed E-state index contributed by atoms with van der Waals surface area (Å²) < 4.78 is 52.4. The van der Waals surface area contributed by atoms with E-state index in [0.717, 1.165) is 11.4 Å². The largest absolute Gasteiger partial charge is 0.421 e. The van der Waals surface area contributed by atoms with E-state index >= 15 is 0 Å². The van der Waals surface area contributed by atoms with Crippen molar-refractivity contribution < 1.29 is 12.6 Å². The molecule has 1 rings (SSSR count). The highest BCUT2D eigenvalue weighted by atomic mass is 33.1. The molecule has 0 aromatic carbocycles. The van der Waals surface area contributed by atoms with Crippen molar-refractivity contribution in [1.82, 2.24) is 0 Å². The molecule has 0 saturated carbocycles. The van der Waals surface area contributed by atoms with E-state index in [4.69, 9.17) is 0 Å². The molecule has 1 atom stereocenters. The molecule has 0 spiro atoms. The van der Waals surface area contributed by atoms with Gasteiger partial charge in [-0.2, -0.15) is 13.2 Å². The van der Waals surface area contributed by atoms with Crippen LogP contribution in [0.15, 0.2) is 13.5 Å². The van der Waals surface area contributed by atoms with Crippen LogP contribution in [0.5, 0.6) is 0 Å². The average molecular weight is 375 g/mol. The van der Waals surface area contributed by atoms with Crippen LogP contribution in [-0.2, 0) is 0 Å². The number of rotatable bonds is 6. The summed E-state index contributed by atoms with van der Waals surface area (Å²) >= 11 is 3.33. The fraction of sp³-hybridized carbons (Fsp3) is 1.00. The van der Waals surface area contributed by atoms with Crippen molar-refractivity contribution >= 4 is 54.3 Å². The topological polar surface area (TPSA) is 37.1 Å². The van der Waals surface area contributed by atoms with Crippen LogP contribution >= 0.6 is 54.3 Å². The minimum absolute atomic E-state index is 0.394. The van der Waals surface area contributed by atoms with Crippen molar-refractivity contribution in [3.05, 3.63) is 0 Å². The molecule has 0 fully saturated rings. The Morgan fingerprint density at radius 2 is 1.28 bits per heavy atom. The van der Waals surface area contributed by atoms with Gasteiger partial charge in [0.05, 0.1) is 0 Å². The molecule has 0 aromatic rings. The minimum Gasteiger partial charge on any atom is -0.183 e. The first-order chi connectivity index (χ1) is 8.30. The zero-order chi connectivity index (χ0) is 13.9. The third kappa shape index (κ3) is 4.82. The zero-order valence-electron chi connectivity index (χ0n) is 10.2. The molecule has 0 amide bonds. The third-order valence-corrected chi connectivity index (χ3v) is 19.8. The minimum atomic E-state index is -4.85. The van der Waals surface area contributed by atoms with Gasteiger partial charge in [-0.15, -0.1) is 12.9 Å². The van der Waals surface area contributed by atoms with Crippen LogP contribution in [0.2, 0.25) is 0 Å². The second-order valence-corrected chi connectivity index (χ2v) is 17.9. The van der Waals surface area contributed by atoms with Gasteiger partial charge in [0.2, 0.25) is 0 Å². The van der Waals surface area contributed by atoms with E-state index in [-0.39, 0.29) is 0 Å². The second-order valence-electron chi connectivity index (χ2n) is 2.94. The molecular weight excluding hydrogens is 360 g/mol. The summed E-state index contributed by atoms with van der Waals surface area (Å²) in [5.41, 5.74) is -2.72. The molecule has 1 aliphatic heterocycles. The van der Waals surface area contributed by atoms with Crippen molar-refractivity contribution in [2.75, 3.05) is 17.3 Å². The molecule has 0 bridgehead atoms. The summed E-state index contributed by atoms with van der Waals surface area (Å²) in [5.74, 6) is 1.60. The monoisotopic (exact) mass is 375 g/mol. The van der Waals surface area contributed by atoms with Gasteiger partial charge in [-0.05, 0) is 11.5 Å². The maximum absolute atomic E-state index is 14.4. The molecule has 0 radical (unpaired) electrons. The Balaban J connectivity index is 3.38. The van der Waals surface area contributed by atoms with E-state index in [9.17, 15) is 12.6 Å². The van der Waals surface area contributed by atoms with Gasteiger partial charge in [-0.3, -0.25) is 0 Å². The van der Waals surface area contributed by atoms with Crippen LogP contribution < -0.4 is 0 Å². The predicted molar refractivity (Wildman–Crippen MR) is 85.8 cm³/mol. The molecule has 18 heavy (non-hydrogen) atoms. The van der Waals surface area contributed by atoms with E-state index < -0.39 is 20.2 Å². The van der Waals surface area contributed by atoms with Gasteiger partial charge in [-0.25, -0.2) is 0 Å². The van der Waals surface area contributed by atoms with Gasteiger partial charge in [0.25, 0.3) is 0 Å². The van der Waals surface area contributed by atoms with Crippen molar-refractivity contribution in [2.24, 2.45) is 13.5 Å². The maximum Gasteiger partial charge on any atom is 0.421 e. The van der Waals surface area contributed by atoms with E-state index in [0.29, 0.717) is 17.3 Å². The van der Waals surface area contributed by atoms with Crippen LogP contribution in [0.3, 0.4) is 0 Å². The molecule has 0 N–H and O–H groups in total. The molecule has 108 valence electrons. The summed E-state index contributed by atoms with van der Waals surface area (Å²) in [6, 6.07) is 0. The van der Waals surface area contributed by atoms with Gasteiger partial charge < -0.3 is 0 Å². The maximum atomic E-state index is 14.4. The molecule has 0 saturated heterocycles. The van der Waals surface area contributed by atoms with Crippen molar-refractivity contribution in [3.63, 3.8) is 0 Å². The standard InChI is InChI=1S/C6H15F3N3P3S3/c1-4-16-14(9)10-13(7,8)11-15(12-14,17-5-2)18-6-3/h4-6H2,1-3H3. The lowest BCUT2D eigenvalue weighted by atomic mass is 11.0. The predicted octanol–water partition coefficient (Wildman–Crippen LogP) is 8.01. The van der Waals surface area contributed by atoms with Gasteiger partial charge in [0.15, 0.2) is 5.61 Å². The zero-order valence-corrected chi connectivity index (χ0v) is 15.3. The van der Waals surface area contributed by atoms with Crippen molar-refractivity contribution in [1.29, 1.82) is 0 Å². The van der Waals surface area contributed by atoms with Gasteiger partial charge in [0.1, 0.15) is 0 Å². The van der Waals surface area contributed by atoms with Gasteiger partial charge >= 0.3 is 14.5 Å². The highest BCUT2D eigenvalue weighted by Crippen LogP contribution is 2.90. The van der Waals surface area contributed by atoms with E-state index in [1.165, 1.54) is 22.8 Å². The molecule has 0 aliphatic carbocycles. The normalized spacial score (nSPS) is 29.0. The molecule has 1 unspecified atom stereocenters. The number of nitrogens with zero attached hydrogens (tertiary/aromatic N) is 3. The van der Waals surface area contributed by atoms with Crippen LogP contribution in [-0.4, -0.2) is 17.3 Å². The smallest absolute Gasteiger partial charge is 0.183 e. The Bertz CT molecular complexity index is 453. The Labute approximate surface area is 118 Å². The van der Waals surface area contributed by atoms with Crippen molar-refractivity contribution in [2.45, 2.75) is 20.8 Å². The summed E-state index contributed by atoms with van der Waals surface area (Å²) in [5, 5.41) is 0. The van der Waals surface area contributed by atoms with Crippen LogP contribution in [0.1, 0.15) is 20.8 Å². The average Bonchev–Trinajstić information content (AvgIpc) is 2.13. The fourth-order valence-electron chi connectivity index (χ4n) is 1.15. The molecular formula is C6H15F3N3P3S3. The SMILES string of the molecule is CCSP1(F)=NP(F)(F)=NP(SCC)(SCC)=N1. The van der Waals surface area contributed by atoms with Crippen LogP contribution in [0.25, 0.3) is 0 Å². The quantitative estimate of drug-likeness (QED) is 0.441. The molecule has 1 heterocycles. The Morgan fingerprint density at radius 3 is 1.72 bits per heavy atom. The van der Waals surface area contributed by atoms with Gasteiger partial charge in [0, 0.05) is 5.75 Å². The first-order valence-electron chi connectivity index (χ1n) is 5.24. The molecule has 1 aliphatic rings. The highest BCUT2D eigenvalue weighted by molar-refractivity contribution is 8.91. The van der Waals surface area contributed by atoms with Gasteiger partial charge in [-0.1, -0.05) is 54.9 Å². The number of hydrogen-bond donors (Lipinski definition) is 0. The molecule has 0 aromatic heterocycles. The lowest BCUT2D eigenvalue weighted by Crippen LogP contribution is -1.78. The fourth-order valence-corrected chi connectivity index (χ4v) is 22.6. The summed E-state index contributed by atoms with van der Waals surface area (Å²) in [4.78, 5) is 0. The summed E-state index contributed by atoms with van der Waals surface area (Å²) in [6.07, 6.45) is 0. The third-order valence-electron chi connectivity index (χ3n) is 1.55. The van der Waals surface area contributed by atoms with Crippen molar-refractivity contribution in [3.8, 4) is 0 Å². The summed E-state index contributed by atoms with van der Waals surface area (Å²) in [7, 11) is -4.85. The Hall–Kier alpha value is 1.53. The lowest BCUT2D eigenvalue weighted by Gasteiger charge is -2.24. The van der Waals surface area contributed by atoms with Crippen LogP contribution in [0, 0.1) is 0 Å². The van der Waals surface area contributed by atoms with E-state index in [1.807, 2.05) is 13.8 Å².